The zero-order valence-corrected chi connectivity index (χ0v) is 13.9. The summed E-state index contributed by atoms with van der Waals surface area (Å²) in [6.45, 7) is 0.516. The molecule has 0 radical (unpaired) electrons. The summed E-state index contributed by atoms with van der Waals surface area (Å²) in [6, 6.07) is 13.7. The zero-order valence-electron chi connectivity index (χ0n) is 13.9. The molecule has 2 aromatic rings. The second kappa shape index (κ2) is 7.68. The van der Waals surface area contributed by atoms with Crippen LogP contribution in [-0.4, -0.2) is 30.1 Å². The fourth-order valence-electron chi connectivity index (χ4n) is 2.67. The first-order valence-corrected chi connectivity index (χ1v) is 8.10. The van der Waals surface area contributed by atoms with Gasteiger partial charge in [0.05, 0.1) is 24.0 Å². The number of aliphatic hydroxyl groups is 1. The van der Waals surface area contributed by atoms with Crippen LogP contribution in [0.5, 0.6) is 5.75 Å². The average molecular weight is 351 g/mol. The standard InChI is InChI=1S/C19H17N3O4/c20-10-14-3-1-2-4-15(14)22-19(25)18(24)21-11-16(23)12-5-6-17-13(9-12)7-8-26-17/h1-6,9,16,23H,7-8,11H2,(H,21,24)(H,22,25). The summed E-state index contributed by atoms with van der Waals surface area (Å²) < 4.78 is 5.41. The van der Waals surface area contributed by atoms with Crippen molar-refractivity contribution in [3.8, 4) is 11.8 Å². The number of rotatable bonds is 4. The van der Waals surface area contributed by atoms with Crippen LogP contribution in [0.2, 0.25) is 0 Å². The van der Waals surface area contributed by atoms with Crippen molar-refractivity contribution in [3.63, 3.8) is 0 Å². The number of hydrogen-bond donors (Lipinski definition) is 3. The predicted molar refractivity (Wildman–Crippen MR) is 93.4 cm³/mol. The lowest BCUT2D eigenvalue weighted by Gasteiger charge is -2.13. The van der Waals surface area contributed by atoms with E-state index in [-0.39, 0.29) is 17.8 Å². The van der Waals surface area contributed by atoms with Gasteiger partial charge in [-0.2, -0.15) is 5.26 Å². The Balaban J connectivity index is 1.56. The van der Waals surface area contributed by atoms with Crippen molar-refractivity contribution in [2.75, 3.05) is 18.5 Å². The molecule has 0 saturated heterocycles. The highest BCUT2D eigenvalue weighted by Crippen LogP contribution is 2.28. The van der Waals surface area contributed by atoms with E-state index in [2.05, 4.69) is 10.6 Å². The minimum absolute atomic E-state index is 0.105. The summed E-state index contributed by atoms with van der Waals surface area (Å²) in [7, 11) is 0. The number of carbonyl (C=O) groups is 2. The van der Waals surface area contributed by atoms with Gasteiger partial charge in [0.25, 0.3) is 0 Å². The molecule has 26 heavy (non-hydrogen) atoms. The van der Waals surface area contributed by atoms with E-state index in [4.69, 9.17) is 10.00 Å². The maximum absolute atomic E-state index is 12.0. The molecule has 2 amide bonds. The summed E-state index contributed by atoms with van der Waals surface area (Å²) in [5.74, 6) is -0.982. The number of hydrogen-bond acceptors (Lipinski definition) is 5. The van der Waals surface area contributed by atoms with E-state index >= 15 is 0 Å². The number of anilines is 1. The molecule has 1 unspecified atom stereocenters. The zero-order chi connectivity index (χ0) is 18.5. The van der Waals surface area contributed by atoms with Crippen molar-refractivity contribution >= 4 is 17.5 Å². The molecule has 3 rings (SSSR count). The first-order chi connectivity index (χ1) is 12.6. The lowest BCUT2D eigenvalue weighted by molar-refractivity contribution is -0.136. The van der Waals surface area contributed by atoms with Gasteiger partial charge < -0.3 is 20.5 Å². The number of carbonyl (C=O) groups excluding carboxylic acids is 2. The van der Waals surface area contributed by atoms with Gasteiger partial charge in [0.1, 0.15) is 11.8 Å². The second-order valence-corrected chi connectivity index (χ2v) is 5.80. The molecule has 1 aliphatic rings. The molecule has 0 saturated carbocycles. The third-order valence-corrected chi connectivity index (χ3v) is 4.06. The van der Waals surface area contributed by atoms with Crippen LogP contribution in [0.3, 0.4) is 0 Å². The highest BCUT2D eigenvalue weighted by Gasteiger charge is 2.19. The van der Waals surface area contributed by atoms with Crippen LogP contribution in [0.25, 0.3) is 0 Å². The summed E-state index contributed by atoms with van der Waals surface area (Å²) in [5, 5.41) is 24.0. The van der Waals surface area contributed by atoms with Gasteiger partial charge in [-0.1, -0.05) is 18.2 Å². The first-order valence-electron chi connectivity index (χ1n) is 8.10. The molecule has 7 heteroatoms. The van der Waals surface area contributed by atoms with Crippen LogP contribution in [-0.2, 0) is 16.0 Å². The van der Waals surface area contributed by atoms with Crippen LogP contribution in [0.1, 0.15) is 22.8 Å². The molecule has 0 aromatic heterocycles. The largest absolute Gasteiger partial charge is 0.493 e. The Morgan fingerprint density at radius 3 is 2.85 bits per heavy atom. The highest BCUT2D eigenvalue weighted by atomic mass is 16.5. The van der Waals surface area contributed by atoms with Crippen molar-refractivity contribution < 1.29 is 19.4 Å². The van der Waals surface area contributed by atoms with Crippen molar-refractivity contribution in [3.05, 3.63) is 59.2 Å². The van der Waals surface area contributed by atoms with E-state index in [9.17, 15) is 14.7 Å². The Hall–Kier alpha value is -3.37. The number of fused-ring (bicyclic) bond motifs is 1. The lowest BCUT2D eigenvalue weighted by atomic mass is 10.0. The Morgan fingerprint density at radius 2 is 2.04 bits per heavy atom. The Morgan fingerprint density at radius 1 is 1.23 bits per heavy atom. The van der Waals surface area contributed by atoms with Crippen LogP contribution in [0.15, 0.2) is 42.5 Å². The molecule has 0 fully saturated rings. The third kappa shape index (κ3) is 3.82. The van der Waals surface area contributed by atoms with E-state index in [1.807, 2.05) is 12.1 Å². The smallest absolute Gasteiger partial charge is 0.313 e. The summed E-state index contributed by atoms with van der Waals surface area (Å²) in [5.41, 5.74) is 2.17. The Kier molecular flexibility index (Phi) is 5.15. The summed E-state index contributed by atoms with van der Waals surface area (Å²) >= 11 is 0. The molecule has 3 N–H and O–H groups in total. The topological polar surface area (TPSA) is 111 Å². The number of nitriles is 1. The number of nitrogens with zero attached hydrogens (tertiary/aromatic N) is 1. The molecule has 1 aliphatic heterocycles. The van der Waals surface area contributed by atoms with Crippen molar-refractivity contribution in [1.29, 1.82) is 5.26 Å². The van der Waals surface area contributed by atoms with Gasteiger partial charge in [0.2, 0.25) is 0 Å². The molecule has 0 aliphatic carbocycles. The third-order valence-electron chi connectivity index (χ3n) is 4.06. The normalized spacial score (nSPS) is 13.1. The molecular weight excluding hydrogens is 334 g/mol. The van der Waals surface area contributed by atoms with Gasteiger partial charge in [0.15, 0.2) is 0 Å². The van der Waals surface area contributed by atoms with E-state index in [0.717, 1.165) is 17.7 Å². The molecule has 1 atom stereocenters. The van der Waals surface area contributed by atoms with Gasteiger partial charge in [-0.15, -0.1) is 0 Å². The maximum atomic E-state index is 12.0. The molecule has 2 aromatic carbocycles. The maximum Gasteiger partial charge on any atom is 0.313 e. The first kappa shape index (κ1) is 17.5. The number of amides is 2. The van der Waals surface area contributed by atoms with Crippen LogP contribution < -0.4 is 15.4 Å². The van der Waals surface area contributed by atoms with Gasteiger partial charge in [-0.05, 0) is 35.4 Å². The molecule has 0 spiro atoms. The fraction of sp³-hybridized carbons (Fsp3) is 0.211. The molecule has 7 nitrogen and oxygen atoms in total. The van der Waals surface area contributed by atoms with Crippen molar-refractivity contribution in [1.82, 2.24) is 5.32 Å². The van der Waals surface area contributed by atoms with E-state index in [1.165, 1.54) is 12.1 Å². The number of aliphatic hydroxyl groups excluding tert-OH is 1. The molecule has 132 valence electrons. The van der Waals surface area contributed by atoms with Gasteiger partial charge in [0, 0.05) is 13.0 Å². The molecule has 1 heterocycles. The van der Waals surface area contributed by atoms with Crippen molar-refractivity contribution in [2.45, 2.75) is 12.5 Å². The number of nitrogens with one attached hydrogen (secondary N) is 2. The van der Waals surface area contributed by atoms with E-state index in [1.54, 1.807) is 24.3 Å². The average Bonchev–Trinajstić information content (AvgIpc) is 3.13. The highest BCUT2D eigenvalue weighted by molar-refractivity contribution is 6.39. The SMILES string of the molecule is N#Cc1ccccc1NC(=O)C(=O)NCC(O)c1ccc2c(c1)CCO2. The molecule has 0 bridgehead atoms. The van der Waals surface area contributed by atoms with Crippen LogP contribution in [0.4, 0.5) is 5.69 Å². The van der Waals surface area contributed by atoms with Gasteiger partial charge >= 0.3 is 11.8 Å². The molecular formula is C19H17N3O4. The minimum atomic E-state index is -0.941. The van der Waals surface area contributed by atoms with Crippen LogP contribution in [0, 0.1) is 11.3 Å². The van der Waals surface area contributed by atoms with Gasteiger partial charge in [-0.3, -0.25) is 9.59 Å². The summed E-state index contributed by atoms with van der Waals surface area (Å²) in [4.78, 5) is 23.9. The van der Waals surface area contributed by atoms with Crippen molar-refractivity contribution in [2.24, 2.45) is 0 Å². The summed E-state index contributed by atoms with van der Waals surface area (Å²) in [6.07, 6.45) is -0.160. The number of ether oxygens (including phenoxy) is 1. The fourth-order valence-corrected chi connectivity index (χ4v) is 2.67. The lowest BCUT2D eigenvalue weighted by Crippen LogP contribution is -2.37. The monoisotopic (exact) mass is 351 g/mol. The van der Waals surface area contributed by atoms with Crippen LogP contribution >= 0.6 is 0 Å². The second-order valence-electron chi connectivity index (χ2n) is 5.80. The number of para-hydroxylation sites is 1. The van der Waals surface area contributed by atoms with E-state index < -0.39 is 17.9 Å². The predicted octanol–water partition coefficient (Wildman–Crippen LogP) is 1.28. The van der Waals surface area contributed by atoms with Gasteiger partial charge in [-0.25, -0.2) is 0 Å². The quantitative estimate of drug-likeness (QED) is 0.719. The Bertz CT molecular complexity index is 889. The number of benzene rings is 2. The van der Waals surface area contributed by atoms with E-state index in [0.29, 0.717) is 12.2 Å². The minimum Gasteiger partial charge on any atom is -0.493 e. The Labute approximate surface area is 150 Å².